The molecule has 0 radical (unpaired) electrons. The quantitative estimate of drug-likeness (QED) is 0.805. The second-order valence-electron chi connectivity index (χ2n) is 7.38. The molecule has 1 unspecified atom stereocenters. The number of rotatable bonds is 5. The fourth-order valence-corrected chi connectivity index (χ4v) is 4.07. The predicted octanol–water partition coefficient (Wildman–Crippen LogP) is 3.34. The van der Waals surface area contributed by atoms with Gasteiger partial charge in [-0.15, -0.1) is 0 Å². The normalized spacial score (nSPS) is 16.6. The van der Waals surface area contributed by atoms with Gasteiger partial charge in [-0.2, -0.15) is 0 Å². The van der Waals surface area contributed by atoms with Gasteiger partial charge < -0.3 is 14.8 Å². The third-order valence-corrected chi connectivity index (χ3v) is 5.61. The highest BCUT2D eigenvalue weighted by Crippen LogP contribution is 2.35. The Kier molecular flexibility index (Phi) is 6.02. The number of nitrogens with zero attached hydrogens (tertiary/aromatic N) is 1. The molecule has 29 heavy (non-hydrogen) atoms. The van der Waals surface area contributed by atoms with Gasteiger partial charge in [0.1, 0.15) is 11.5 Å². The number of amides is 1. The Morgan fingerprint density at radius 3 is 2.52 bits per heavy atom. The summed E-state index contributed by atoms with van der Waals surface area (Å²) in [5.74, 6) is 0.764. The van der Waals surface area contributed by atoms with Crippen LogP contribution < -0.4 is 19.1 Å². The average molecular weight is 419 g/mol. The van der Waals surface area contributed by atoms with E-state index in [2.05, 4.69) is 5.32 Å². The number of hydrogen-bond acceptors (Lipinski definition) is 5. The zero-order valence-corrected chi connectivity index (χ0v) is 17.8. The van der Waals surface area contributed by atoms with Crippen LogP contribution in [0.4, 0.5) is 11.4 Å². The Labute approximate surface area is 171 Å². The first-order chi connectivity index (χ1) is 13.6. The smallest absolute Gasteiger partial charge is 0.265 e. The molecule has 0 saturated carbocycles. The molecule has 3 rings (SSSR count). The summed E-state index contributed by atoms with van der Waals surface area (Å²) in [6.07, 6.45) is 0.646. The van der Waals surface area contributed by atoms with Gasteiger partial charge in [-0.3, -0.25) is 9.10 Å². The van der Waals surface area contributed by atoms with Crippen molar-refractivity contribution in [3.63, 3.8) is 0 Å². The lowest BCUT2D eigenvalue weighted by Gasteiger charge is -2.21. The van der Waals surface area contributed by atoms with E-state index >= 15 is 0 Å². The second-order valence-corrected chi connectivity index (χ2v) is 9.29. The molecule has 0 aliphatic carbocycles. The molecule has 1 atom stereocenters. The van der Waals surface area contributed by atoms with Crippen LogP contribution in [0, 0.1) is 6.92 Å². The zero-order valence-electron chi connectivity index (χ0n) is 17.0. The lowest BCUT2D eigenvalue weighted by atomic mass is 10.2. The van der Waals surface area contributed by atoms with Gasteiger partial charge in [-0.25, -0.2) is 8.42 Å². The summed E-state index contributed by atoms with van der Waals surface area (Å²) in [6, 6.07) is 12.4. The number of nitrogens with one attached hydrogen (secondary N) is 1. The lowest BCUT2D eigenvalue weighted by Crippen LogP contribution is -2.35. The minimum Gasteiger partial charge on any atom is -0.491 e. The topological polar surface area (TPSA) is 84.9 Å². The fourth-order valence-electron chi connectivity index (χ4n) is 3.13. The Balaban J connectivity index is 1.78. The van der Waals surface area contributed by atoms with Gasteiger partial charge in [0.05, 0.1) is 18.0 Å². The van der Waals surface area contributed by atoms with Gasteiger partial charge in [0.15, 0.2) is 6.10 Å². The molecule has 1 heterocycles. The molecule has 0 aromatic heterocycles. The van der Waals surface area contributed by atoms with E-state index in [1.165, 1.54) is 4.31 Å². The molecule has 2 aromatic carbocycles. The highest BCUT2D eigenvalue weighted by Gasteiger charge is 2.31. The van der Waals surface area contributed by atoms with E-state index in [-0.39, 0.29) is 25.0 Å². The molecule has 0 fully saturated rings. The molecule has 1 amide bonds. The second kappa shape index (κ2) is 8.32. The minimum atomic E-state index is -3.49. The molecule has 2 aromatic rings. The van der Waals surface area contributed by atoms with Crippen molar-refractivity contribution in [2.75, 3.05) is 22.4 Å². The van der Waals surface area contributed by atoms with Crippen molar-refractivity contribution in [2.45, 2.75) is 39.4 Å². The summed E-state index contributed by atoms with van der Waals surface area (Å²) >= 11 is 0. The molecule has 1 N–H and O–H groups in total. The number of fused-ring (bicyclic) bond motifs is 1. The molecule has 7 nitrogen and oxygen atoms in total. The first-order valence-corrected chi connectivity index (χ1v) is 11.3. The number of carbonyl (C=O) groups is 1. The van der Waals surface area contributed by atoms with Crippen LogP contribution in [0.25, 0.3) is 0 Å². The Morgan fingerprint density at radius 1 is 1.21 bits per heavy atom. The van der Waals surface area contributed by atoms with Gasteiger partial charge in [-0.1, -0.05) is 6.07 Å². The van der Waals surface area contributed by atoms with Crippen LogP contribution in [0.1, 0.15) is 25.8 Å². The van der Waals surface area contributed by atoms with Gasteiger partial charge in [0, 0.05) is 18.7 Å². The standard InChI is InChI=1S/C21H26N2O5S/c1-14(2)27-17-8-6-16(7-9-17)22-21(24)20-11-12-23(29(4,25)26)18-13-15(3)5-10-19(18)28-20/h5-10,13-14,20H,11-12H2,1-4H3,(H,22,24). The Hall–Kier alpha value is -2.74. The first kappa shape index (κ1) is 21.0. The number of benzene rings is 2. The maximum Gasteiger partial charge on any atom is 0.265 e. The third kappa shape index (κ3) is 5.20. The summed E-state index contributed by atoms with van der Waals surface area (Å²) in [7, 11) is -3.49. The van der Waals surface area contributed by atoms with Crippen LogP contribution in [0.5, 0.6) is 11.5 Å². The summed E-state index contributed by atoms with van der Waals surface area (Å²) in [5.41, 5.74) is 1.98. The number of hydrogen-bond donors (Lipinski definition) is 1. The molecular formula is C21H26N2O5S. The molecule has 156 valence electrons. The number of carbonyl (C=O) groups excluding carboxylic acids is 1. The summed E-state index contributed by atoms with van der Waals surface area (Å²) in [4.78, 5) is 12.8. The summed E-state index contributed by atoms with van der Waals surface area (Å²) in [5, 5.41) is 2.83. The zero-order chi connectivity index (χ0) is 21.2. The van der Waals surface area contributed by atoms with E-state index in [9.17, 15) is 13.2 Å². The lowest BCUT2D eigenvalue weighted by molar-refractivity contribution is -0.122. The van der Waals surface area contributed by atoms with Crippen molar-refractivity contribution in [3.8, 4) is 11.5 Å². The number of aryl methyl sites for hydroxylation is 1. The minimum absolute atomic E-state index is 0.0660. The van der Waals surface area contributed by atoms with E-state index in [1.54, 1.807) is 36.4 Å². The van der Waals surface area contributed by atoms with Gasteiger partial charge in [0.25, 0.3) is 5.91 Å². The van der Waals surface area contributed by atoms with E-state index in [1.807, 2.05) is 26.8 Å². The van der Waals surface area contributed by atoms with Gasteiger partial charge >= 0.3 is 0 Å². The highest BCUT2D eigenvalue weighted by atomic mass is 32.2. The van der Waals surface area contributed by atoms with Crippen molar-refractivity contribution < 1.29 is 22.7 Å². The molecule has 8 heteroatoms. The van der Waals surface area contributed by atoms with E-state index in [0.29, 0.717) is 17.1 Å². The van der Waals surface area contributed by atoms with E-state index < -0.39 is 16.1 Å². The molecule has 1 aliphatic heterocycles. The van der Waals surface area contributed by atoms with Crippen molar-refractivity contribution >= 4 is 27.3 Å². The summed E-state index contributed by atoms with van der Waals surface area (Å²) in [6.45, 7) is 5.92. The van der Waals surface area contributed by atoms with E-state index in [4.69, 9.17) is 9.47 Å². The maximum absolute atomic E-state index is 12.8. The Bertz CT molecular complexity index is 987. The van der Waals surface area contributed by atoms with Crippen LogP contribution >= 0.6 is 0 Å². The summed E-state index contributed by atoms with van der Waals surface area (Å²) < 4.78 is 37.3. The molecule has 1 aliphatic rings. The third-order valence-electron chi connectivity index (χ3n) is 4.43. The predicted molar refractivity (Wildman–Crippen MR) is 113 cm³/mol. The molecular weight excluding hydrogens is 392 g/mol. The largest absolute Gasteiger partial charge is 0.491 e. The number of anilines is 2. The molecule has 0 saturated heterocycles. The Morgan fingerprint density at radius 2 is 1.90 bits per heavy atom. The molecule has 0 bridgehead atoms. The number of sulfonamides is 1. The van der Waals surface area contributed by atoms with Gasteiger partial charge in [-0.05, 0) is 62.7 Å². The number of ether oxygens (including phenoxy) is 2. The fraction of sp³-hybridized carbons (Fsp3) is 0.381. The first-order valence-electron chi connectivity index (χ1n) is 9.46. The van der Waals surface area contributed by atoms with E-state index in [0.717, 1.165) is 17.6 Å². The van der Waals surface area contributed by atoms with Crippen LogP contribution in [0.15, 0.2) is 42.5 Å². The highest BCUT2D eigenvalue weighted by molar-refractivity contribution is 7.92. The van der Waals surface area contributed by atoms with Crippen molar-refractivity contribution in [1.82, 2.24) is 0 Å². The SMILES string of the molecule is Cc1ccc2c(c1)N(S(C)(=O)=O)CCC(C(=O)Nc1ccc(OC(C)C)cc1)O2. The van der Waals surface area contributed by atoms with Crippen molar-refractivity contribution in [2.24, 2.45) is 0 Å². The van der Waals surface area contributed by atoms with Crippen LogP contribution in [-0.2, 0) is 14.8 Å². The van der Waals surface area contributed by atoms with Crippen LogP contribution in [0.2, 0.25) is 0 Å². The van der Waals surface area contributed by atoms with Crippen molar-refractivity contribution in [3.05, 3.63) is 48.0 Å². The monoisotopic (exact) mass is 418 g/mol. The van der Waals surface area contributed by atoms with Crippen molar-refractivity contribution in [1.29, 1.82) is 0 Å². The molecule has 0 spiro atoms. The van der Waals surface area contributed by atoms with Crippen LogP contribution in [0.3, 0.4) is 0 Å². The van der Waals surface area contributed by atoms with Gasteiger partial charge in [0.2, 0.25) is 10.0 Å². The van der Waals surface area contributed by atoms with Crippen LogP contribution in [-0.4, -0.2) is 39.3 Å². The maximum atomic E-state index is 12.8. The average Bonchev–Trinajstić information content (AvgIpc) is 2.82.